The number of hydrogen-bond acceptors (Lipinski definition) is 3. The fourth-order valence-electron chi connectivity index (χ4n) is 4.18. The number of fused-ring (bicyclic) bond motifs is 1. The minimum absolute atomic E-state index is 0.00629. The standard InChI is InChI=1S/C23H25F3N4O2/c1-29(16-7-9-23(25,26)10-8-16)17-5-3-15(18(24)12-17)13-27-21(31)14-4-6-20-19(11-14)28-22(32)30(20)2/h3-6,11-12,16H,7-10,13H2,1-2H3,(H,27,31)(H,28,32). The summed E-state index contributed by atoms with van der Waals surface area (Å²) in [6.07, 6.45) is 0.411. The summed E-state index contributed by atoms with van der Waals surface area (Å²) in [7, 11) is 3.42. The van der Waals surface area contributed by atoms with Crippen LogP contribution in [0.1, 0.15) is 41.6 Å². The van der Waals surface area contributed by atoms with Gasteiger partial charge in [-0.15, -0.1) is 0 Å². The molecule has 1 aliphatic carbocycles. The van der Waals surface area contributed by atoms with E-state index in [1.165, 1.54) is 10.6 Å². The molecule has 1 heterocycles. The molecule has 0 bridgehead atoms. The zero-order chi connectivity index (χ0) is 23.0. The Labute approximate surface area is 183 Å². The Balaban J connectivity index is 1.40. The van der Waals surface area contributed by atoms with Gasteiger partial charge in [-0.2, -0.15) is 0 Å². The highest BCUT2D eigenvalue weighted by Crippen LogP contribution is 2.36. The van der Waals surface area contributed by atoms with Gasteiger partial charge in [0.05, 0.1) is 11.0 Å². The fraction of sp³-hybridized carbons (Fsp3) is 0.391. The number of alkyl halides is 2. The third-order valence-electron chi connectivity index (χ3n) is 6.28. The predicted molar refractivity (Wildman–Crippen MR) is 117 cm³/mol. The highest BCUT2D eigenvalue weighted by Gasteiger charge is 2.36. The molecule has 170 valence electrons. The molecule has 9 heteroatoms. The highest BCUT2D eigenvalue weighted by atomic mass is 19.3. The van der Waals surface area contributed by atoms with Crippen LogP contribution < -0.4 is 15.9 Å². The lowest BCUT2D eigenvalue weighted by molar-refractivity contribution is -0.0378. The number of hydrogen-bond donors (Lipinski definition) is 2. The number of rotatable bonds is 5. The molecular formula is C23H25F3N4O2. The number of aryl methyl sites for hydroxylation is 1. The van der Waals surface area contributed by atoms with Crippen molar-refractivity contribution in [1.82, 2.24) is 14.9 Å². The number of carbonyl (C=O) groups is 1. The molecule has 1 fully saturated rings. The van der Waals surface area contributed by atoms with E-state index in [4.69, 9.17) is 0 Å². The summed E-state index contributed by atoms with van der Waals surface area (Å²) in [6, 6.07) is 9.50. The quantitative estimate of drug-likeness (QED) is 0.624. The van der Waals surface area contributed by atoms with E-state index >= 15 is 0 Å². The minimum atomic E-state index is -2.61. The number of anilines is 1. The summed E-state index contributed by atoms with van der Waals surface area (Å²) in [4.78, 5) is 28.7. The van der Waals surface area contributed by atoms with Gasteiger partial charge in [-0.1, -0.05) is 6.07 Å². The zero-order valence-corrected chi connectivity index (χ0v) is 17.9. The number of nitrogens with one attached hydrogen (secondary N) is 2. The summed E-state index contributed by atoms with van der Waals surface area (Å²) in [5.41, 5.74) is 2.24. The molecule has 0 spiro atoms. The average molecular weight is 446 g/mol. The van der Waals surface area contributed by atoms with E-state index in [1.807, 2.05) is 4.90 Å². The molecule has 1 aromatic heterocycles. The average Bonchev–Trinajstić information content (AvgIpc) is 3.05. The smallest absolute Gasteiger partial charge is 0.326 e. The van der Waals surface area contributed by atoms with Gasteiger partial charge in [0.2, 0.25) is 5.92 Å². The number of carbonyl (C=O) groups excluding carboxylic acids is 1. The molecule has 32 heavy (non-hydrogen) atoms. The molecule has 1 amide bonds. The van der Waals surface area contributed by atoms with Gasteiger partial charge in [0, 0.05) is 56.3 Å². The molecule has 0 unspecified atom stereocenters. The number of aromatic nitrogens is 2. The van der Waals surface area contributed by atoms with E-state index in [2.05, 4.69) is 10.3 Å². The minimum Gasteiger partial charge on any atom is -0.372 e. The first kappa shape index (κ1) is 22.0. The van der Waals surface area contributed by atoms with Crippen LogP contribution in [0.25, 0.3) is 11.0 Å². The van der Waals surface area contributed by atoms with E-state index in [0.717, 1.165) is 0 Å². The third-order valence-corrected chi connectivity index (χ3v) is 6.28. The molecule has 0 saturated heterocycles. The Kier molecular flexibility index (Phi) is 5.75. The SMILES string of the molecule is CN(c1ccc(CNC(=O)c2ccc3c(c2)[nH]c(=O)n3C)c(F)c1)C1CCC(F)(F)CC1. The first-order valence-corrected chi connectivity index (χ1v) is 10.5. The molecule has 2 aromatic carbocycles. The Bertz CT molecular complexity index is 1210. The van der Waals surface area contributed by atoms with Crippen molar-refractivity contribution in [3.63, 3.8) is 0 Å². The maximum atomic E-state index is 14.7. The highest BCUT2D eigenvalue weighted by molar-refractivity contribution is 5.97. The molecule has 1 aliphatic rings. The molecule has 0 atom stereocenters. The topological polar surface area (TPSA) is 70.1 Å². The summed E-state index contributed by atoms with van der Waals surface area (Å²) >= 11 is 0. The van der Waals surface area contributed by atoms with Crippen LogP contribution in [0.3, 0.4) is 0 Å². The van der Waals surface area contributed by atoms with E-state index in [-0.39, 0.29) is 37.0 Å². The van der Waals surface area contributed by atoms with Crippen molar-refractivity contribution in [2.75, 3.05) is 11.9 Å². The second-order valence-electron chi connectivity index (χ2n) is 8.38. The lowest BCUT2D eigenvalue weighted by Gasteiger charge is -2.36. The molecule has 3 aromatic rings. The summed E-state index contributed by atoms with van der Waals surface area (Å²) in [6.45, 7) is -0.00629. The molecule has 2 N–H and O–H groups in total. The van der Waals surface area contributed by atoms with Crippen LogP contribution in [0.5, 0.6) is 0 Å². The maximum absolute atomic E-state index is 14.7. The van der Waals surface area contributed by atoms with Crippen LogP contribution in [0.15, 0.2) is 41.2 Å². The second kappa shape index (κ2) is 8.37. The van der Waals surface area contributed by atoms with Crippen molar-refractivity contribution in [1.29, 1.82) is 0 Å². The summed E-state index contributed by atoms with van der Waals surface area (Å²) in [5, 5.41) is 2.69. The van der Waals surface area contributed by atoms with Crippen molar-refractivity contribution >= 4 is 22.6 Å². The van der Waals surface area contributed by atoms with Gasteiger partial charge in [-0.3, -0.25) is 9.36 Å². The van der Waals surface area contributed by atoms with Crippen molar-refractivity contribution < 1.29 is 18.0 Å². The lowest BCUT2D eigenvalue weighted by atomic mass is 9.91. The normalized spacial score (nSPS) is 16.3. The van der Waals surface area contributed by atoms with E-state index in [1.54, 1.807) is 44.4 Å². The number of nitrogens with zero attached hydrogens (tertiary/aromatic N) is 2. The van der Waals surface area contributed by atoms with E-state index in [9.17, 15) is 22.8 Å². The fourth-order valence-corrected chi connectivity index (χ4v) is 4.18. The third kappa shape index (κ3) is 4.37. The Morgan fingerprint density at radius 3 is 2.62 bits per heavy atom. The van der Waals surface area contributed by atoms with Crippen LogP contribution in [0.2, 0.25) is 0 Å². The number of halogens is 3. The first-order valence-electron chi connectivity index (χ1n) is 10.5. The van der Waals surface area contributed by atoms with Gasteiger partial charge in [-0.25, -0.2) is 18.0 Å². The Morgan fingerprint density at radius 1 is 1.22 bits per heavy atom. The van der Waals surface area contributed by atoms with Gasteiger partial charge in [0.1, 0.15) is 5.82 Å². The predicted octanol–water partition coefficient (Wildman–Crippen LogP) is 3.95. The van der Waals surface area contributed by atoms with Gasteiger partial charge < -0.3 is 15.2 Å². The maximum Gasteiger partial charge on any atom is 0.326 e. The monoisotopic (exact) mass is 446 g/mol. The van der Waals surface area contributed by atoms with E-state index < -0.39 is 11.7 Å². The van der Waals surface area contributed by atoms with Crippen molar-refractivity contribution in [3.8, 4) is 0 Å². The van der Waals surface area contributed by atoms with Crippen LogP contribution >= 0.6 is 0 Å². The van der Waals surface area contributed by atoms with Crippen molar-refractivity contribution in [2.24, 2.45) is 7.05 Å². The van der Waals surface area contributed by atoms with Crippen LogP contribution in [0.4, 0.5) is 18.9 Å². The molecule has 6 nitrogen and oxygen atoms in total. The zero-order valence-electron chi connectivity index (χ0n) is 17.9. The van der Waals surface area contributed by atoms with Gasteiger partial charge >= 0.3 is 5.69 Å². The number of H-pyrrole nitrogens is 1. The number of aromatic amines is 1. The van der Waals surface area contributed by atoms with Gasteiger partial charge in [0.25, 0.3) is 5.91 Å². The lowest BCUT2D eigenvalue weighted by Crippen LogP contribution is -2.38. The molecule has 1 saturated carbocycles. The number of benzene rings is 2. The van der Waals surface area contributed by atoms with Crippen LogP contribution in [0, 0.1) is 5.82 Å². The summed E-state index contributed by atoms with van der Waals surface area (Å²) in [5.74, 6) is -3.47. The second-order valence-corrected chi connectivity index (χ2v) is 8.38. The number of imidazole rings is 1. The van der Waals surface area contributed by atoms with Gasteiger partial charge in [-0.05, 0) is 43.2 Å². The molecular weight excluding hydrogens is 421 g/mol. The van der Waals surface area contributed by atoms with Crippen LogP contribution in [-0.2, 0) is 13.6 Å². The Hall–Kier alpha value is -3.23. The molecule has 0 aliphatic heterocycles. The first-order chi connectivity index (χ1) is 15.1. The summed E-state index contributed by atoms with van der Waals surface area (Å²) < 4.78 is 42.9. The Morgan fingerprint density at radius 2 is 1.94 bits per heavy atom. The molecule has 4 rings (SSSR count). The number of amides is 1. The van der Waals surface area contributed by atoms with Crippen LogP contribution in [-0.4, -0.2) is 34.5 Å². The molecule has 0 radical (unpaired) electrons. The van der Waals surface area contributed by atoms with Gasteiger partial charge in [0.15, 0.2) is 0 Å². The van der Waals surface area contributed by atoms with Crippen molar-refractivity contribution in [2.45, 2.75) is 44.2 Å². The largest absolute Gasteiger partial charge is 0.372 e. The van der Waals surface area contributed by atoms with E-state index in [0.29, 0.717) is 40.7 Å². The van der Waals surface area contributed by atoms with Crippen molar-refractivity contribution in [3.05, 3.63) is 63.8 Å².